The van der Waals surface area contributed by atoms with Gasteiger partial charge in [0.2, 0.25) is 0 Å². The summed E-state index contributed by atoms with van der Waals surface area (Å²) in [5.41, 5.74) is 0.164. The first-order valence-corrected chi connectivity index (χ1v) is 12.2. The normalized spacial score (nSPS) is 26.8. The van der Waals surface area contributed by atoms with Crippen LogP contribution in [0.5, 0.6) is 0 Å². The van der Waals surface area contributed by atoms with Crippen molar-refractivity contribution in [2.24, 2.45) is 17.8 Å². The lowest BCUT2D eigenvalue weighted by molar-refractivity contribution is -0.0101. The smallest absolute Gasteiger partial charge is 0.144 e. The summed E-state index contributed by atoms with van der Waals surface area (Å²) in [6, 6.07) is 4.20. The first kappa shape index (κ1) is 23.9. The molecule has 0 amide bonds. The maximum atomic E-state index is 13.8. The molecule has 0 unspecified atom stereocenters. The largest absolute Gasteiger partial charge is 0.378 e. The maximum absolute atomic E-state index is 13.8. The zero-order valence-electron chi connectivity index (χ0n) is 18.9. The molecule has 0 spiro atoms. The Bertz CT molecular complexity index is 730. The second-order valence-corrected chi connectivity index (χ2v) is 9.59. The van der Waals surface area contributed by atoms with Gasteiger partial charge in [-0.1, -0.05) is 25.0 Å². The molecule has 2 aliphatic carbocycles. The van der Waals surface area contributed by atoms with Gasteiger partial charge in [-0.2, -0.15) is 5.26 Å². The number of nitriles is 1. The second-order valence-electron chi connectivity index (χ2n) is 9.59. The number of hydrogen-bond acceptors (Lipinski definition) is 2. The Kier molecular flexibility index (Phi) is 9.53. The van der Waals surface area contributed by atoms with Gasteiger partial charge in [0.05, 0.1) is 6.10 Å². The fraction of sp³-hybridized carbons (Fsp3) is 0.667. The molecule has 4 heteroatoms. The molecule has 31 heavy (non-hydrogen) atoms. The lowest BCUT2D eigenvalue weighted by atomic mass is 9.80. The molecule has 0 atom stereocenters. The average molecular weight is 430 g/mol. The third-order valence-corrected chi connectivity index (χ3v) is 7.36. The van der Waals surface area contributed by atoms with Gasteiger partial charge in [-0.05, 0) is 107 Å². The van der Waals surface area contributed by atoms with Crippen LogP contribution >= 0.6 is 0 Å². The number of allylic oxidation sites excluding steroid dienone is 2. The van der Waals surface area contributed by atoms with E-state index in [1.54, 1.807) is 6.07 Å². The van der Waals surface area contributed by atoms with E-state index in [0.29, 0.717) is 24.0 Å². The third kappa shape index (κ3) is 7.42. The minimum atomic E-state index is -0.749. The summed E-state index contributed by atoms with van der Waals surface area (Å²) in [4.78, 5) is 0. The van der Waals surface area contributed by atoms with Gasteiger partial charge in [0.1, 0.15) is 23.3 Å². The van der Waals surface area contributed by atoms with Crippen LogP contribution in [0.1, 0.15) is 88.7 Å². The Hall–Kier alpha value is -1.73. The van der Waals surface area contributed by atoms with Gasteiger partial charge < -0.3 is 4.74 Å². The minimum absolute atomic E-state index is 0.383. The van der Waals surface area contributed by atoms with Crippen LogP contribution in [-0.2, 0) is 11.2 Å². The van der Waals surface area contributed by atoms with Gasteiger partial charge in [-0.25, -0.2) is 8.78 Å². The summed E-state index contributed by atoms with van der Waals surface area (Å²) in [6.45, 7) is 3.01. The average Bonchev–Trinajstić information content (AvgIpc) is 2.78. The van der Waals surface area contributed by atoms with Crippen molar-refractivity contribution >= 4 is 0 Å². The van der Waals surface area contributed by atoms with Crippen molar-refractivity contribution in [1.82, 2.24) is 0 Å². The maximum Gasteiger partial charge on any atom is 0.144 e. The van der Waals surface area contributed by atoms with Crippen molar-refractivity contribution < 1.29 is 13.5 Å². The Balaban J connectivity index is 1.30. The van der Waals surface area contributed by atoms with Gasteiger partial charge in [-0.15, -0.1) is 0 Å². The van der Waals surface area contributed by atoms with Crippen LogP contribution in [0.25, 0.3) is 0 Å². The van der Waals surface area contributed by atoms with Gasteiger partial charge in [0.25, 0.3) is 0 Å². The van der Waals surface area contributed by atoms with Gasteiger partial charge in [0.15, 0.2) is 0 Å². The lowest BCUT2D eigenvalue weighted by Crippen LogP contribution is -2.26. The fourth-order valence-electron chi connectivity index (χ4n) is 5.29. The number of hydrogen-bond donors (Lipinski definition) is 0. The topological polar surface area (TPSA) is 33.0 Å². The number of ether oxygens (including phenoxy) is 1. The molecule has 2 saturated carbocycles. The van der Waals surface area contributed by atoms with Crippen LogP contribution in [-0.4, -0.2) is 12.7 Å². The van der Waals surface area contributed by atoms with Crippen LogP contribution in [0.4, 0.5) is 8.78 Å². The highest BCUT2D eigenvalue weighted by atomic mass is 19.1. The molecule has 0 bridgehead atoms. The van der Waals surface area contributed by atoms with Crippen LogP contribution in [0.15, 0.2) is 24.3 Å². The Labute approximate surface area is 186 Å². The second kappa shape index (κ2) is 12.3. The number of nitrogens with zero attached hydrogens (tertiary/aromatic N) is 1. The molecule has 1 aromatic rings. The van der Waals surface area contributed by atoms with E-state index >= 15 is 0 Å². The lowest BCUT2D eigenvalue weighted by Gasteiger charge is -2.32. The third-order valence-electron chi connectivity index (χ3n) is 7.36. The number of aryl methyl sites for hydroxylation is 1. The van der Waals surface area contributed by atoms with Crippen molar-refractivity contribution in [3.05, 3.63) is 47.0 Å². The molecule has 0 N–H and O–H groups in total. The Morgan fingerprint density at radius 1 is 0.935 bits per heavy atom. The summed E-state index contributed by atoms with van der Waals surface area (Å²) in [6.07, 6.45) is 18.8. The fourth-order valence-corrected chi connectivity index (χ4v) is 5.29. The monoisotopic (exact) mass is 429 g/mol. The molecule has 170 valence electrons. The van der Waals surface area contributed by atoms with Crippen molar-refractivity contribution in [3.8, 4) is 6.07 Å². The molecule has 0 saturated heterocycles. The molecule has 3 rings (SSSR count). The summed E-state index contributed by atoms with van der Waals surface area (Å²) in [5, 5.41) is 8.78. The molecule has 0 radical (unpaired) electrons. The van der Waals surface area contributed by atoms with Gasteiger partial charge in [0, 0.05) is 6.61 Å². The van der Waals surface area contributed by atoms with Crippen LogP contribution < -0.4 is 0 Å². The van der Waals surface area contributed by atoms with E-state index in [0.717, 1.165) is 50.5 Å². The molecule has 0 aromatic heterocycles. The Morgan fingerprint density at radius 2 is 1.52 bits per heavy atom. The van der Waals surface area contributed by atoms with E-state index in [2.05, 4.69) is 19.1 Å². The molecule has 1 aromatic carbocycles. The predicted octanol–water partition coefficient (Wildman–Crippen LogP) is 7.51. The zero-order chi connectivity index (χ0) is 22.1. The first-order valence-electron chi connectivity index (χ1n) is 12.2. The van der Waals surface area contributed by atoms with E-state index < -0.39 is 17.2 Å². The van der Waals surface area contributed by atoms with Crippen molar-refractivity contribution in [1.29, 1.82) is 5.26 Å². The summed E-state index contributed by atoms with van der Waals surface area (Å²) in [7, 11) is 0. The minimum Gasteiger partial charge on any atom is -0.378 e. The van der Waals surface area contributed by atoms with Crippen LogP contribution in [0.3, 0.4) is 0 Å². The summed E-state index contributed by atoms with van der Waals surface area (Å²) >= 11 is 0. The van der Waals surface area contributed by atoms with Crippen molar-refractivity contribution in [2.75, 3.05) is 6.61 Å². The van der Waals surface area contributed by atoms with E-state index in [1.807, 2.05) is 0 Å². The molecule has 2 aliphatic rings. The Morgan fingerprint density at radius 3 is 2.13 bits per heavy atom. The SMILES string of the molecule is C/C=C/CCC1CCC(COC2CCC(CCc3cc(F)c(C#N)c(F)c3)CC2)CC1. The highest BCUT2D eigenvalue weighted by molar-refractivity contribution is 5.35. The van der Waals surface area contributed by atoms with Crippen LogP contribution in [0, 0.1) is 40.7 Å². The van der Waals surface area contributed by atoms with Gasteiger partial charge in [-0.3, -0.25) is 0 Å². The van der Waals surface area contributed by atoms with Crippen molar-refractivity contribution in [3.63, 3.8) is 0 Å². The molecular weight excluding hydrogens is 392 g/mol. The molecule has 2 fully saturated rings. The van der Waals surface area contributed by atoms with E-state index in [1.165, 1.54) is 50.7 Å². The standard InChI is InChI=1S/C27H37F2NO/c1-2-3-4-5-20-6-9-22(10-7-20)19-31-24-14-12-21(13-15-24)8-11-23-16-26(28)25(18-30)27(29)17-23/h2-3,16-17,20-22,24H,4-15,19H2,1H3/b3-2+. The van der Waals surface area contributed by atoms with Gasteiger partial charge >= 0.3 is 0 Å². The first-order chi connectivity index (χ1) is 15.1. The predicted molar refractivity (Wildman–Crippen MR) is 121 cm³/mol. The molecule has 0 aliphatic heterocycles. The summed E-state index contributed by atoms with van der Waals surface area (Å²) in [5.74, 6) is 0.731. The molecular formula is C27H37F2NO. The van der Waals surface area contributed by atoms with E-state index in [4.69, 9.17) is 10.00 Å². The number of rotatable bonds is 9. The molecule has 0 heterocycles. The summed E-state index contributed by atoms with van der Waals surface area (Å²) < 4.78 is 33.8. The number of halogens is 2. The van der Waals surface area contributed by atoms with Crippen LogP contribution in [0.2, 0.25) is 0 Å². The van der Waals surface area contributed by atoms with Crippen molar-refractivity contribution in [2.45, 2.75) is 90.1 Å². The van der Waals surface area contributed by atoms with E-state index in [9.17, 15) is 8.78 Å². The zero-order valence-corrected chi connectivity index (χ0v) is 18.9. The highest BCUT2D eigenvalue weighted by Gasteiger charge is 2.25. The quantitative estimate of drug-likeness (QED) is 0.381. The van der Waals surface area contributed by atoms with E-state index in [-0.39, 0.29) is 0 Å². The number of benzene rings is 1. The molecule has 2 nitrogen and oxygen atoms in total. The highest BCUT2D eigenvalue weighted by Crippen LogP contribution is 2.34.